The first-order chi connectivity index (χ1) is 9.00. The predicted molar refractivity (Wildman–Crippen MR) is 65.8 cm³/mol. The molecule has 0 radical (unpaired) electrons. The van der Waals surface area contributed by atoms with Crippen LogP contribution in [-0.4, -0.2) is 27.0 Å². The van der Waals surface area contributed by atoms with E-state index in [1.165, 1.54) is 0 Å². The molecule has 0 atom stereocenters. The second kappa shape index (κ2) is 4.73. The largest absolute Gasteiger partial charge is 0.475 e. The lowest BCUT2D eigenvalue weighted by Gasteiger charge is -2.06. The number of nitrogens with one attached hydrogen (secondary N) is 1. The number of carboxylic acid groups (broad SMARTS) is 1. The molecule has 0 spiro atoms. The van der Waals surface area contributed by atoms with E-state index in [0.29, 0.717) is 5.56 Å². The van der Waals surface area contributed by atoms with Crippen molar-refractivity contribution < 1.29 is 14.7 Å². The molecule has 0 aliphatic heterocycles. The number of hydrogen-bond acceptors (Lipinski definition) is 4. The van der Waals surface area contributed by atoms with Gasteiger partial charge in [0.25, 0.3) is 11.5 Å². The molecular formula is C12H9N3O4. The van der Waals surface area contributed by atoms with E-state index in [0.717, 1.165) is 0 Å². The molecule has 0 fully saturated rings. The highest BCUT2D eigenvalue weighted by Gasteiger charge is 2.19. The first-order valence-corrected chi connectivity index (χ1v) is 5.23. The number of nitrogens with zero attached hydrogens (tertiary/aromatic N) is 1. The number of primary amides is 1. The normalized spacial score (nSPS) is 10.1. The maximum atomic E-state index is 11.9. The van der Waals surface area contributed by atoms with Gasteiger partial charge in [-0.15, -0.1) is 0 Å². The average molecular weight is 259 g/mol. The van der Waals surface area contributed by atoms with Gasteiger partial charge in [-0.05, 0) is 5.56 Å². The van der Waals surface area contributed by atoms with Crippen LogP contribution in [0.25, 0.3) is 11.1 Å². The SMILES string of the molecule is NC(=O)c1nc(C(=O)O)[nH]c(=O)c1-c1ccccc1. The standard InChI is InChI=1S/C12H9N3O4/c13-9(16)8-7(6-4-2-1-3-5-6)11(17)15-10(14-8)12(18)19/h1-5H,(H2,13,16)(H,18,19)(H,14,15,17). The summed E-state index contributed by atoms with van der Waals surface area (Å²) < 4.78 is 0. The number of carbonyl (C=O) groups is 2. The van der Waals surface area contributed by atoms with E-state index < -0.39 is 23.3 Å². The van der Waals surface area contributed by atoms with Crippen LogP contribution in [0.4, 0.5) is 0 Å². The van der Waals surface area contributed by atoms with Gasteiger partial charge in [-0.1, -0.05) is 30.3 Å². The Kier molecular flexibility index (Phi) is 3.11. The molecule has 2 aromatic rings. The molecule has 2 rings (SSSR count). The van der Waals surface area contributed by atoms with Crippen LogP contribution in [0.15, 0.2) is 35.1 Å². The minimum absolute atomic E-state index is 0.0434. The zero-order valence-corrected chi connectivity index (χ0v) is 9.58. The maximum absolute atomic E-state index is 11.9. The van der Waals surface area contributed by atoms with Gasteiger partial charge in [0, 0.05) is 0 Å². The molecule has 0 bridgehead atoms. The molecule has 4 N–H and O–H groups in total. The third-order valence-electron chi connectivity index (χ3n) is 2.42. The summed E-state index contributed by atoms with van der Waals surface area (Å²) in [6, 6.07) is 8.27. The van der Waals surface area contributed by atoms with Gasteiger partial charge in [-0.25, -0.2) is 9.78 Å². The lowest BCUT2D eigenvalue weighted by molar-refractivity contribution is 0.0683. The number of hydrogen-bond donors (Lipinski definition) is 3. The summed E-state index contributed by atoms with van der Waals surface area (Å²) in [5.41, 5.74) is 4.43. The first-order valence-electron chi connectivity index (χ1n) is 5.23. The Bertz CT molecular complexity index is 707. The fraction of sp³-hybridized carbons (Fsp3) is 0. The van der Waals surface area contributed by atoms with Crippen LogP contribution in [-0.2, 0) is 0 Å². The molecule has 0 saturated carbocycles. The summed E-state index contributed by atoms with van der Waals surface area (Å²) in [6.07, 6.45) is 0. The Morgan fingerprint density at radius 2 is 1.84 bits per heavy atom. The summed E-state index contributed by atoms with van der Waals surface area (Å²) in [6.45, 7) is 0. The minimum atomic E-state index is -1.45. The fourth-order valence-electron chi connectivity index (χ4n) is 1.63. The van der Waals surface area contributed by atoms with E-state index in [1.807, 2.05) is 0 Å². The number of H-pyrrole nitrogens is 1. The summed E-state index contributed by atoms with van der Waals surface area (Å²) in [5.74, 6) is -3.04. The van der Waals surface area contributed by atoms with Gasteiger partial charge in [0.15, 0.2) is 0 Å². The van der Waals surface area contributed by atoms with Crippen molar-refractivity contribution in [1.29, 1.82) is 0 Å². The summed E-state index contributed by atoms with van der Waals surface area (Å²) in [4.78, 5) is 39.7. The van der Waals surface area contributed by atoms with Crippen LogP contribution >= 0.6 is 0 Å². The van der Waals surface area contributed by atoms with E-state index in [1.54, 1.807) is 30.3 Å². The Labute approximate surface area is 106 Å². The van der Waals surface area contributed by atoms with Crippen molar-refractivity contribution in [1.82, 2.24) is 9.97 Å². The van der Waals surface area contributed by atoms with Gasteiger partial charge >= 0.3 is 5.97 Å². The Morgan fingerprint density at radius 3 is 2.37 bits per heavy atom. The number of carboxylic acids is 1. The molecule has 1 heterocycles. The molecule has 19 heavy (non-hydrogen) atoms. The molecular weight excluding hydrogens is 250 g/mol. The zero-order valence-electron chi connectivity index (χ0n) is 9.58. The van der Waals surface area contributed by atoms with Crippen molar-refractivity contribution >= 4 is 11.9 Å². The van der Waals surface area contributed by atoms with E-state index in [2.05, 4.69) is 9.97 Å². The summed E-state index contributed by atoms with van der Waals surface area (Å²) in [7, 11) is 0. The topological polar surface area (TPSA) is 126 Å². The number of aromatic carboxylic acids is 1. The van der Waals surface area contributed by atoms with E-state index in [4.69, 9.17) is 10.8 Å². The van der Waals surface area contributed by atoms with E-state index >= 15 is 0 Å². The minimum Gasteiger partial charge on any atom is -0.475 e. The van der Waals surface area contributed by atoms with Crippen LogP contribution in [0, 0.1) is 0 Å². The quantitative estimate of drug-likeness (QED) is 0.727. The molecule has 0 saturated heterocycles. The molecule has 7 nitrogen and oxygen atoms in total. The van der Waals surface area contributed by atoms with Gasteiger partial charge in [0.1, 0.15) is 5.69 Å². The smallest absolute Gasteiger partial charge is 0.372 e. The Balaban J connectivity index is 2.78. The third-order valence-corrected chi connectivity index (χ3v) is 2.42. The molecule has 1 aromatic carbocycles. The van der Waals surface area contributed by atoms with Crippen molar-refractivity contribution in [3.05, 3.63) is 52.2 Å². The first kappa shape index (κ1) is 12.5. The lowest BCUT2D eigenvalue weighted by atomic mass is 10.1. The highest BCUT2D eigenvalue weighted by Crippen LogP contribution is 2.17. The number of nitrogens with two attached hydrogens (primary N) is 1. The van der Waals surface area contributed by atoms with Gasteiger partial charge in [0.2, 0.25) is 5.82 Å². The van der Waals surface area contributed by atoms with Crippen LogP contribution in [0.1, 0.15) is 21.1 Å². The highest BCUT2D eigenvalue weighted by molar-refractivity contribution is 5.98. The third kappa shape index (κ3) is 2.34. The second-order valence-corrected chi connectivity index (χ2v) is 3.67. The monoisotopic (exact) mass is 259 g/mol. The van der Waals surface area contributed by atoms with Gasteiger partial charge in [-0.3, -0.25) is 9.59 Å². The van der Waals surface area contributed by atoms with Crippen molar-refractivity contribution in [3.63, 3.8) is 0 Å². The Hall–Kier alpha value is -2.96. The van der Waals surface area contributed by atoms with Gasteiger partial charge in [0.05, 0.1) is 5.56 Å². The van der Waals surface area contributed by atoms with Crippen LogP contribution in [0.2, 0.25) is 0 Å². The molecule has 0 unspecified atom stereocenters. The van der Waals surface area contributed by atoms with E-state index in [-0.39, 0.29) is 11.3 Å². The number of benzene rings is 1. The molecule has 1 amide bonds. The number of aromatic nitrogens is 2. The number of carbonyl (C=O) groups excluding carboxylic acids is 1. The second-order valence-electron chi connectivity index (χ2n) is 3.67. The van der Waals surface area contributed by atoms with Crippen LogP contribution < -0.4 is 11.3 Å². The van der Waals surface area contributed by atoms with Crippen molar-refractivity contribution in [2.75, 3.05) is 0 Å². The number of aromatic amines is 1. The van der Waals surface area contributed by atoms with Gasteiger partial charge < -0.3 is 15.8 Å². The predicted octanol–water partition coefficient (Wildman–Crippen LogP) is 0.234. The molecule has 7 heteroatoms. The summed E-state index contributed by atoms with van der Waals surface area (Å²) in [5, 5.41) is 8.79. The molecule has 1 aromatic heterocycles. The lowest BCUT2D eigenvalue weighted by Crippen LogP contribution is -2.25. The van der Waals surface area contributed by atoms with Crippen molar-refractivity contribution in [2.24, 2.45) is 5.73 Å². The highest BCUT2D eigenvalue weighted by atomic mass is 16.4. The summed E-state index contributed by atoms with van der Waals surface area (Å²) >= 11 is 0. The number of rotatable bonds is 3. The van der Waals surface area contributed by atoms with Crippen molar-refractivity contribution in [2.45, 2.75) is 0 Å². The molecule has 96 valence electrons. The van der Waals surface area contributed by atoms with Crippen molar-refractivity contribution in [3.8, 4) is 11.1 Å². The van der Waals surface area contributed by atoms with Gasteiger partial charge in [-0.2, -0.15) is 0 Å². The molecule has 0 aliphatic carbocycles. The fourth-order valence-corrected chi connectivity index (χ4v) is 1.63. The Morgan fingerprint density at radius 1 is 1.21 bits per heavy atom. The molecule has 0 aliphatic rings. The average Bonchev–Trinajstić information content (AvgIpc) is 2.38. The zero-order chi connectivity index (χ0) is 14.0. The maximum Gasteiger partial charge on any atom is 0.372 e. The van der Waals surface area contributed by atoms with Crippen LogP contribution in [0.5, 0.6) is 0 Å². The number of amides is 1. The van der Waals surface area contributed by atoms with Crippen LogP contribution in [0.3, 0.4) is 0 Å². The van der Waals surface area contributed by atoms with E-state index in [9.17, 15) is 14.4 Å².